The fourth-order valence-electron chi connectivity index (χ4n) is 3.42. The van der Waals surface area contributed by atoms with Crippen LogP contribution in [0.1, 0.15) is 18.9 Å². The van der Waals surface area contributed by atoms with E-state index in [0.717, 1.165) is 23.6 Å². The molecule has 2 fully saturated rings. The second-order valence-corrected chi connectivity index (χ2v) is 6.50. The molecule has 0 aliphatic carbocycles. The van der Waals surface area contributed by atoms with E-state index in [-0.39, 0.29) is 23.9 Å². The molecule has 2 atom stereocenters. The first kappa shape index (κ1) is 15.3. The Morgan fingerprint density at radius 1 is 1.36 bits per heavy atom. The lowest BCUT2D eigenvalue weighted by Gasteiger charge is -2.37. The van der Waals surface area contributed by atoms with Crippen molar-refractivity contribution in [2.75, 3.05) is 19.6 Å². The molecule has 0 unspecified atom stereocenters. The molecule has 1 aromatic rings. The van der Waals surface area contributed by atoms with Crippen LogP contribution in [0.5, 0.6) is 0 Å². The van der Waals surface area contributed by atoms with Crippen molar-refractivity contribution in [1.82, 2.24) is 15.1 Å². The van der Waals surface area contributed by atoms with Crippen LogP contribution in [0.15, 0.2) is 24.3 Å². The molecule has 6 heteroatoms. The minimum absolute atomic E-state index is 0.0368. The third-order valence-corrected chi connectivity index (χ3v) is 4.69. The molecular weight excluding hydrogens is 302 g/mol. The number of carbonyl (C=O) groups is 2. The van der Waals surface area contributed by atoms with Crippen molar-refractivity contribution in [1.29, 1.82) is 0 Å². The van der Waals surface area contributed by atoms with Gasteiger partial charge in [-0.3, -0.25) is 14.5 Å². The Bertz CT molecular complexity index is 593. The zero-order chi connectivity index (χ0) is 15.7. The molecule has 0 bridgehead atoms. The first-order chi connectivity index (χ1) is 10.5. The van der Waals surface area contributed by atoms with E-state index in [4.69, 9.17) is 11.6 Å². The van der Waals surface area contributed by atoms with E-state index < -0.39 is 0 Å². The second kappa shape index (κ2) is 6.26. The summed E-state index contributed by atoms with van der Waals surface area (Å²) < 4.78 is 0. The van der Waals surface area contributed by atoms with Gasteiger partial charge in [-0.05, 0) is 18.1 Å². The molecule has 2 aliphatic heterocycles. The van der Waals surface area contributed by atoms with Crippen molar-refractivity contribution in [2.45, 2.75) is 32.0 Å². The van der Waals surface area contributed by atoms with E-state index in [1.165, 1.54) is 6.92 Å². The molecule has 2 saturated heterocycles. The highest BCUT2D eigenvalue weighted by Gasteiger charge is 2.40. The summed E-state index contributed by atoms with van der Waals surface area (Å²) in [4.78, 5) is 27.6. The fourth-order valence-corrected chi connectivity index (χ4v) is 3.62. The van der Waals surface area contributed by atoms with Gasteiger partial charge in [0.25, 0.3) is 0 Å². The zero-order valence-corrected chi connectivity index (χ0v) is 13.3. The normalized spacial score (nSPS) is 25.2. The van der Waals surface area contributed by atoms with Crippen LogP contribution >= 0.6 is 11.6 Å². The Morgan fingerprint density at radius 2 is 2.14 bits per heavy atom. The minimum atomic E-state index is -0.0368. The molecular formula is C16H20ClN3O2. The average Bonchev–Trinajstić information content (AvgIpc) is 2.83. The number of hydrogen-bond acceptors (Lipinski definition) is 3. The number of hydrogen-bond donors (Lipinski definition) is 1. The van der Waals surface area contributed by atoms with Crippen molar-refractivity contribution in [3.05, 3.63) is 34.9 Å². The second-order valence-electron chi connectivity index (χ2n) is 6.09. The number of rotatable bonds is 3. The minimum Gasteiger partial charge on any atom is -0.352 e. The predicted octanol–water partition coefficient (Wildman–Crippen LogP) is 1.26. The Morgan fingerprint density at radius 3 is 2.86 bits per heavy atom. The van der Waals surface area contributed by atoms with Gasteiger partial charge in [-0.1, -0.05) is 29.8 Å². The summed E-state index contributed by atoms with van der Waals surface area (Å²) in [6, 6.07) is 7.99. The van der Waals surface area contributed by atoms with E-state index >= 15 is 0 Å². The third kappa shape index (κ3) is 3.25. The van der Waals surface area contributed by atoms with Crippen LogP contribution in [0.2, 0.25) is 5.02 Å². The fraction of sp³-hybridized carbons (Fsp3) is 0.500. The third-order valence-electron chi connectivity index (χ3n) is 4.32. The summed E-state index contributed by atoms with van der Waals surface area (Å²) in [6.45, 7) is 4.06. The van der Waals surface area contributed by atoms with Gasteiger partial charge in [-0.15, -0.1) is 0 Å². The molecule has 5 nitrogen and oxygen atoms in total. The highest BCUT2D eigenvalue weighted by Crippen LogP contribution is 2.25. The van der Waals surface area contributed by atoms with Crippen LogP contribution in [0.25, 0.3) is 0 Å². The summed E-state index contributed by atoms with van der Waals surface area (Å²) in [5, 5.41) is 3.66. The highest BCUT2D eigenvalue weighted by molar-refractivity contribution is 6.31. The van der Waals surface area contributed by atoms with Gasteiger partial charge in [0.2, 0.25) is 11.8 Å². The van der Waals surface area contributed by atoms with Crippen LogP contribution in [0, 0.1) is 0 Å². The number of nitrogens with zero attached hydrogens (tertiary/aromatic N) is 2. The van der Waals surface area contributed by atoms with Crippen LogP contribution < -0.4 is 5.32 Å². The first-order valence-electron chi connectivity index (χ1n) is 7.55. The highest BCUT2D eigenvalue weighted by atomic mass is 35.5. The first-order valence-corrected chi connectivity index (χ1v) is 7.93. The number of amides is 2. The van der Waals surface area contributed by atoms with Crippen molar-refractivity contribution in [3.8, 4) is 0 Å². The van der Waals surface area contributed by atoms with Gasteiger partial charge >= 0.3 is 0 Å². The number of nitrogens with one attached hydrogen (secondary N) is 1. The number of halogens is 1. The van der Waals surface area contributed by atoms with Gasteiger partial charge in [0, 0.05) is 43.7 Å². The van der Waals surface area contributed by atoms with Crippen molar-refractivity contribution < 1.29 is 9.59 Å². The maximum Gasteiger partial charge on any atom is 0.237 e. The Hall–Kier alpha value is -1.59. The summed E-state index contributed by atoms with van der Waals surface area (Å²) in [6.07, 6.45) is 0.824. The number of benzene rings is 1. The zero-order valence-electron chi connectivity index (χ0n) is 12.6. The molecule has 0 radical (unpaired) electrons. The molecule has 22 heavy (non-hydrogen) atoms. The van der Waals surface area contributed by atoms with E-state index in [9.17, 15) is 9.59 Å². The summed E-state index contributed by atoms with van der Waals surface area (Å²) in [5.74, 6) is 0.0985. The van der Waals surface area contributed by atoms with E-state index in [2.05, 4.69) is 10.2 Å². The van der Waals surface area contributed by atoms with Gasteiger partial charge < -0.3 is 10.2 Å². The molecule has 1 aromatic carbocycles. The van der Waals surface area contributed by atoms with Crippen molar-refractivity contribution in [2.24, 2.45) is 0 Å². The molecule has 1 N–H and O–H groups in total. The monoisotopic (exact) mass is 321 g/mol. The van der Waals surface area contributed by atoms with Gasteiger partial charge in [-0.25, -0.2) is 0 Å². The molecule has 0 saturated carbocycles. The topological polar surface area (TPSA) is 52.7 Å². The van der Waals surface area contributed by atoms with E-state index in [1.807, 2.05) is 29.2 Å². The lowest BCUT2D eigenvalue weighted by molar-refractivity contribution is -0.138. The largest absolute Gasteiger partial charge is 0.352 e. The Labute approximate surface area is 135 Å². The van der Waals surface area contributed by atoms with Gasteiger partial charge in [0.15, 0.2) is 0 Å². The standard InChI is InChI=1S/C16H20ClN3O2/c1-11(21)18-13-6-14-9-19(10-16(22)20(14)8-13)7-12-4-2-3-5-15(12)17/h2-5,13-14H,6-10H2,1H3,(H,18,21)/t13-,14-/m0/s1. The maximum absolute atomic E-state index is 12.3. The average molecular weight is 322 g/mol. The number of piperazine rings is 1. The van der Waals surface area contributed by atoms with Gasteiger partial charge in [0.1, 0.15) is 0 Å². The Kier molecular flexibility index (Phi) is 4.36. The van der Waals surface area contributed by atoms with Crippen molar-refractivity contribution in [3.63, 3.8) is 0 Å². The molecule has 3 rings (SSSR count). The lowest BCUT2D eigenvalue weighted by atomic mass is 10.1. The molecule has 2 amide bonds. The van der Waals surface area contributed by atoms with E-state index in [0.29, 0.717) is 19.6 Å². The van der Waals surface area contributed by atoms with Gasteiger partial charge in [-0.2, -0.15) is 0 Å². The molecule has 118 valence electrons. The lowest BCUT2D eigenvalue weighted by Crippen LogP contribution is -2.53. The summed E-state index contributed by atoms with van der Waals surface area (Å²) >= 11 is 6.20. The molecule has 0 aromatic heterocycles. The number of fused-ring (bicyclic) bond motifs is 1. The van der Waals surface area contributed by atoms with Crippen molar-refractivity contribution >= 4 is 23.4 Å². The van der Waals surface area contributed by atoms with E-state index in [1.54, 1.807) is 0 Å². The maximum atomic E-state index is 12.3. The SMILES string of the molecule is CC(=O)N[C@H]1C[C@H]2CN(Cc3ccccc3Cl)CC(=O)N2C1. The molecule has 2 heterocycles. The van der Waals surface area contributed by atoms with Crippen LogP contribution in [0.3, 0.4) is 0 Å². The summed E-state index contributed by atoms with van der Waals surface area (Å²) in [5.41, 5.74) is 1.04. The quantitative estimate of drug-likeness (QED) is 0.912. The molecule has 2 aliphatic rings. The molecule has 0 spiro atoms. The van der Waals surface area contributed by atoms with Crippen LogP contribution in [0.4, 0.5) is 0 Å². The summed E-state index contributed by atoms with van der Waals surface area (Å²) in [7, 11) is 0. The van der Waals surface area contributed by atoms with Gasteiger partial charge in [0.05, 0.1) is 6.54 Å². The van der Waals surface area contributed by atoms with Crippen LogP contribution in [-0.4, -0.2) is 53.3 Å². The van der Waals surface area contributed by atoms with Crippen LogP contribution in [-0.2, 0) is 16.1 Å². The predicted molar refractivity (Wildman–Crippen MR) is 84.5 cm³/mol. The smallest absolute Gasteiger partial charge is 0.237 e. The Balaban J connectivity index is 1.65. The number of carbonyl (C=O) groups excluding carboxylic acids is 2.